The zero-order chi connectivity index (χ0) is 32.3. The first-order valence-corrected chi connectivity index (χ1v) is 14.2. The third kappa shape index (κ3) is 10.6. The molecule has 0 aromatic rings. The Balaban J connectivity index is 2.35. The van der Waals surface area contributed by atoms with Gasteiger partial charge in [-0.05, 0) is 25.2 Å². The Labute approximate surface area is 248 Å². The first-order chi connectivity index (χ1) is 20.3. The number of nitrogens with one attached hydrogen (secondary N) is 4. The summed E-state index contributed by atoms with van der Waals surface area (Å²) < 4.78 is 5.25. The van der Waals surface area contributed by atoms with E-state index in [0.29, 0.717) is 19.4 Å². The van der Waals surface area contributed by atoms with Gasteiger partial charge in [-0.15, -0.1) is 0 Å². The molecule has 2 fully saturated rings. The van der Waals surface area contributed by atoms with E-state index in [2.05, 4.69) is 21.3 Å². The van der Waals surface area contributed by atoms with Gasteiger partial charge in [0.1, 0.15) is 24.4 Å². The van der Waals surface area contributed by atoms with Gasteiger partial charge in [-0.25, -0.2) is 0 Å². The molecule has 0 bridgehead atoms. The zero-order valence-electron chi connectivity index (χ0n) is 24.5. The maximum atomic E-state index is 13.9. The van der Waals surface area contributed by atoms with Crippen molar-refractivity contribution in [2.45, 2.75) is 89.5 Å². The minimum atomic E-state index is -1.42. The second-order valence-corrected chi connectivity index (χ2v) is 10.9. The van der Waals surface area contributed by atoms with Crippen LogP contribution in [0.3, 0.4) is 0 Å². The van der Waals surface area contributed by atoms with Gasteiger partial charge in [0.15, 0.2) is 0 Å². The van der Waals surface area contributed by atoms with Crippen LogP contribution >= 0.6 is 0 Å². The first kappa shape index (κ1) is 35.1. The van der Waals surface area contributed by atoms with Crippen molar-refractivity contribution in [2.75, 3.05) is 19.8 Å². The van der Waals surface area contributed by atoms with Crippen LogP contribution in [0.25, 0.3) is 0 Å². The third-order valence-electron chi connectivity index (χ3n) is 7.54. The van der Waals surface area contributed by atoms with Crippen molar-refractivity contribution < 1.29 is 53.3 Å². The number of amides is 5. The predicted octanol–water partition coefficient (Wildman–Crippen LogP) is -1.83. The standard InChI is InChI=1S/C27H41N5O11/c1-4-14(2)23(28-15(3)34)26(41)31-19(5-6-21(35)36)27(42)32-11-17(29-24(39)16-7-8-43-13-16)9-20(32)25(40)30-18(12-33)10-22(37)38/h12,14,16-20,23H,4-11,13H2,1-3H3,(H,28,34)(H,29,39)(H,30,40)(H,31,41)(H,35,36)(H,37,38)/t14-,16?,17+,18-,19-,20-,23-/m0/s1. The number of likely N-dealkylation sites (tertiary alicyclic amines) is 1. The molecule has 7 atom stereocenters. The van der Waals surface area contributed by atoms with Crippen LogP contribution in [-0.2, 0) is 43.1 Å². The number of carboxylic acids is 2. The Morgan fingerprint density at radius 1 is 1.02 bits per heavy atom. The Hall–Kier alpha value is -4.08. The van der Waals surface area contributed by atoms with Crippen molar-refractivity contribution in [2.24, 2.45) is 11.8 Å². The van der Waals surface area contributed by atoms with Gasteiger partial charge in [-0.1, -0.05) is 20.3 Å². The summed E-state index contributed by atoms with van der Waals surface area (Å²) in [6.45, 7) is 5.20. The summed E-state index contributed by atoms with van der Waals surface area (Å²) in [5.74, 6) is -6.55. The molecule has 2 rings (SSSR count). The summed E-state index contributed by atoms with van der Waals surface area (Å²) in [5.41, 5.74) is 0. The highest BCUT2D eigenvalue weighted by Crippen LogP contribution is 2.23. The van der Waals surface area contributed by atoms with Gasteiger partial charge in [0.05, 0.1) is 25.0 Å². The Bertz CT molecular complexity index is 1080. The average molecular weight is 612 g/mol. The van der Waals surface area contributed by atoms with E-state index >= 15 is 0 Å². The lowest BCUT2D eigenvalue weighted by Gasteiger charge is -2.31. The monoisotopic (exact) mass is 611 g/mol. The number of carbonyl (C=O) groups is 8. The Morgan fingerprint density at radius 3 is 2.26 bits per heavy atom. The fraction of sp³-hybridized carbons (Fsp3) is 0.704. The molecule has 0 aromatic carbocycles. The van der Waals surface area contributed by atoms with E-state index in [1.54, 1.807) is 13.8 Å². The lowest BCUT2D eigenvalue weighted by atomic mass is 9.97. The highest BCUT2D eigenvalue weighted by molar-refractivity contribution is 5.95. The summed E-state index contributed by atoms with van der Waals surface area (Å²) >= 11 is 0. The minimum absolute atomic E-state index is 0.0868. The van der Waals surface area contributed by atoms with Gasteiger partial charge in [0.25, 0.3) is 0 Å². The second kappa shape index (κ2) is 16.5. The molecule has 5 amide bonds. The van der Waals surface area contributed by atoms with Crippen LogP contribution in [0.1, 0.15) is 59.3 Å². The molecule has 0 radical (unpaired) electrons. The molecule has 240 valence electrons. The van der Waals surface area contributed by atoms with E-state index in [0.717, 1.165) is 4.90 Å². The number of aliphatic carboxylic acids is 2. The van der Waals surface area contributed by atoms with Crippen LogP contribution in [0.15, 0.2) is 0 Å². The molecular weight excluding hydrogens is 570 g/mol. The topological polar surface area (TPSA) is 238 Å². The molecular formula is C27H41N5O11. The van der Waals surface area contributed by atoms with Gasteiger partial charge in [-0.2, -0.15) is 0 Å². The van der Waals surface area contributed by atoms with Crippen LogP contribution in [0.2, 0.25) is 0 Å². The maximum absolute atomic E-state index is 13.9. The quantitative estimate of drug-likeness (QED) is 0.106. The van der Waals surface area contributed by atoms with E-state index in [9.17, 15) is 43.5 Å². The number of carbonyl (C=O) groups excluding carboxylic acids is 6. The van der Waals surface area contributed by atoms with Gasteiger partial charge in [-0.3, -0.25) is 33.6 Å². The second-order valence-electron chi connectivity index (χ2n) is 10.9. The fourth-order valence-electron chi connectivity index (χ4n) is 5.00. The molecule has 0 saturated carbocycles. The SMILES string of the molecule is CC[C@H](C)[C@H](NC(C)=O)C(=O)N[C@@H](CCC(=O)O)C(=O)N1C[C@H](NC(=O)C2CCOC2)C[C@H]1C(=O)N[C@H](C=O)CC(=O)O. The van der Waals surface area contributed by atoms with Crippen LogP contribution in [0.5, 0.6) is 0 Å². The molecule has 43 heavy (non-hydrogen) atoms. The molecule has 16 nitrogen and oxygen atoms in total. The minimum Gasteiger partial charge on any atom is -0.481 e. The van der Waals surface area contributed by atoms with Crippen LogP contribution < -0.4 is 21.3 Å². The molecule has 0 aliphatic carbocycles. The van der Waals surface area contributed by atoms with Gasteiger partial charge < -0.3 is 45.9 Å². The molecule has 6 N–H and O–H groups in total. The highest BCUT2D eigenvalue weighted by Gasteiger charge is 2.44. The van der Waals surface area contributed by atoms with Gasteiger partial charge >= 0.3 is 11.9 Å². The summed E-state index contributed by atoms with van der Waals surface area (Å²) in [5, 5.41) is 28.5. The maximum Gasteiger partial charge on any atom is 0.305 e. The first-order valence-electron chi connectivity index (χ1n) is 14.2. The van der Waals surface area contributed by atoms with Crippen molar-refractivity contribution in [3.05, 3.63) is 0 Å². The number of ether oxygens (including phenoxy) is 1. The van der Waals surface area contributed by atoms with E-state index < -0.39 is 84.5 Å². The third-order valence-corrected chi connectivity index (χ3v) is 7.54. The number of carboxylic acid groups (broad SMARTS) is 2. The Kier molecular flexibility index (Phi) is 13.5. The number of hydrogen-bond acceptors (Lipinski definition) is 9. The largest absolute Gasteiger partial charge is 0.481 e. The van der Waals surface area contributed by atoms with E-state index in [4.69, 9.17) is 9.84 Å². The van der Waals surface area contributed by atoms with Crippen molar-refractivity contribution in [1.29, 1.82) is 0 Å². The summed E-state index contributed by atoms with van der Waals surface area (Å²) in [6.07, 6.45) is -0.392. The normalized spacial score (nSPS) is 22.4. The summed E-state index contributed by atoms with van der Waals surface area (Å²) in [6, 6.07) is -5.82. The average Bonchev–Trinajstić information content (AvgIpc) is 3.63. The zero-order valence-corrected chi connectivity index (χ0v) is 24.5. The van der Waals surface area contributed by atoms with Gasteiger partial charge in [0, 0.05) is 32.5 Å². The molecule has 2 aliphatic heterocycles. The molecule has 16 heteroatoms. The predicted molar refractivity (Wildman–Crippen MR) is 147 cm³/mol. The molecule has 0 spiro atoms. The van der Waals surface area contributed by atoms with E-state index in [-0.39, 0.29) is 44.1 Å². The molecule has 2 heterocycles. The molecule has 0 aromatic heterocycles. The Morgan fingerprint density at radius 2 is 1.72 bits per heavy atom. The van der Waals surface area contributed by atoms with Crippen LogP contribution in [0, 0.1) is 11.8 Å². The van der Waals surface area contributed by atoms with Crippen LogP contribution in [-0.4, -0.2) is 113 Å². The number of aldehydes is 1. The van der Waals surface area contributed by atoms with E-state index in [1.165, 1.54) is 6.92 Å². The van der Waals surface area contributed by atoms with Crippen molar-refractivity contribution >= 4 is 47.8 Å². The van der Waals surface area contributed by atoms with Gasteiger partial charge in [0.2, 0.25) is 29.5 Å². The van der Waals surface area contributed by atoms with Crippen LogP contribution in [0.4, 0.5) is 0 Å². The fourth-order valence-corrected chi connectivity index (χ4v) is 5.00. The number of rotatable bonds is 16. The lowest BCUT2D eigenvalue weighted by Crippen LogP contribution is -2.58. The number of hydrogen-bond donors (Lipinski definition) is 6. The molecule has 1 unspecified atom stereocenters. The molecule has 2 saturated heterocycles. The summed E-state index contributed by atoms with van der Waals surface area (Å²) in [7, 11) is 0. The van der Waals surface area contributed by atoms with Crippen molar-refractivity contribution in [1.82, 2.24) is 26.2 Å². The smallest absolute Gasteiger partial charge is 0.305 e. The lowest BCUT2D eigenvalue weighted by molar-refractivity contribution is -0.144. The molecule has 2 aliphatic rings. The van der Waals surface area contributed by atoms with Crippen molar-refractivity contribution in [3.63, 3.8) is 0 Å². The van der Waals surface area contributed by atoms with E-state index in [1.807, 2.05) is 0 Å². The number of nitrogens with zero attached hydrogens (tertiary/aromatic N) is 1. The van der Waals surface area contributed by atoms with Crippen molar-refractivity contribution in [3.8, 4) is 0 Å². The highest BCUT2D eigenvalue weighted by atomic mass is 16.5. The summed E-state index contributed by atoms with van der Waals surface area (Å²) in [4.78, 5) is 99.8.